The first-order valence-electron chi connectivity index (χ1n) is 4.24. The number of phenolic OH excluding ortho intramolecular Hbond substituents is 1. The van der Waals surface area contributed by atoms with Gasteiger partial charge in [-0.2, -0.15) is 0 Å². The molecule has 0 atom stereocenters. The quantitative estimate of drug-likeness (QED) is 0.528. The van der Waals surface area contributed by atoms with Crippen LogP contribution in [0.5, 0.6) is 5.75 Å². The van der Waals surface area contributed by atoms with E-state index in [1.807, 2.05) is 0 Å². The molecule has 0 heterocycles. The van der Waals surface area contributed by atoms with E-state index >= 15 is 0 Å². The van der Waals surface area contributed by atoms with Gasteiger partial charge in [0.25, 0.3) is 0 Å². The van der Waals surface area contributed by atoms with Crippen molar-refractivity contribution >= 4 is 17.9 Å². The van der Waals surface area contributed by atoms with Crippen molar-refractivity contribution in [1.29, 1.82) is 0 Å². The van der Waals surface area contributed by atoms with E-state index in [1.54, 1.807) is 6.92 Å². The van der Waals surface area contributed by atoms with Gasteiger partial charge in [0.05, 0.1) is 5.56 Å². The lowest BCUT2D eigenvalue weighted by Gasteiger charge is -1.99. The third-order valence-corrected chi connectivity index (χ3v) is 1.62. The lowest BCUT2D eigenvalue weighted by Crippen LogP contribution is -2.09. The minimum Gasteiger partial charge on any atom is -0.508 e. The third-order valence-electron chi connectivity index (χ3n) is 1.62. The van der Waals surface area contributed by atoms with Crippen LogP contribution in [0.15, 0.2) is 18.2 Å². The van der Waals surface area contributed by atoms with Crippen molar-refractivity contribution in [3.63, 3.8) is 0 Å². The second-order valence-electron chi connectivity index (χ2n) is 2.91. The topological polar surface area (TPSA) is 132 Å². The molecule has 0 bridgehead atoms. The summed E-state index contributed by atoms with van der Waals surface area (Å²) in [6.07, 6.45) is 0. The predicted molar refractivity (Wildman–Crippen MR) is 55.1 cm³/mol. The Morgan fingerprint density at radius 1 is 1.00 bits per heavy atom. The smallest absolute Gasteiger partial charge is 0.414 e. The van der Waals surface area contributed by atoms with E-state index in [1.165, 1.54) is 18.2 Å². The second kappa shape index (κ2) is 6.11. The number of carbonyl (C=O) groups is 3. The molecular weight excluding hydrogens is 232 g/mol. The SMILES string of the molecule is Cc1cc(O)ccc1C(=O)O.O=C(O)C(=O)O. The van der Waals surface area contributed by atoms with Crippen LogP contribution in [0, 0.1) is 6.92 Å². The van der Waals surface area contributed by atoms with Crippen LogP contribution in [-0.2, 0) is 9.59 Å². The minimum absolute atomic E-state index is 0.0903. The van der Waals surface area contributed by atoms with Gasteiger partial charge < -0.3 is 20.4 Å². The lowest BCUT2D eigenvalue weighted by atomic mass is 10.1. The molecule has 0 saturated heterocycles. The molecule has 92 valence electrons. The van der Waals surface area contributed by atoms with E-state index in [2.05, 4.69) is 0 Å². The standard InChI is InChI=1S/C8H8O3.C2H2O4/c1-5-4-6(9)2-3-7(5)8(10)11;3-1(4)2(5)6/h2-4,9H,1H3,(H,10,11);(H,3,4)(H,5,6). The molecule has 0 aromatic heterocycles. The average Bonchev–Trinajstić information content (AvgIpc) is 2.17. The van der Waals surface area contributed by atoms with E-state index < -0.39 is 17.9 Å². The Labute approximate surface area is 95.6 Å². The fraction of sp³-hybridized carbons (Fsp3) is 0.100. The molecule has 0 fully saturated rings. The number of carboxylic acids is 3. The molecule has 1 aromatic carbocycles. The summed E-state index contributed by atoms with van der Waals surface area (Å²) in [6.45, 7) is 1.64. The number of hydrogen-bond acceptors (Lipinski definition) is 4. The number of aryl methyl sites for hydroxylation is 1. The molecule has 0 aliphatic rings. The van der Waals surface area contributed by atoms with Gasteiger partial charge in [-0.25, -0.2) is 14.4 Å². The predicted octanol–water partition coefficient (Wildman–Crippen LogP) is 0.554. The molecule has 0 unspecified atom stereocenters. The molecule has 7 nitrogen and oxygen atoms in total. The van der Waals surface area contributed by atoms with Crippen LogP contribution < -0.4 is 0 Å². The van der Waals surface area contributed by atoms with Crippen LogP contribution in [-0.4, -0.2) is 38.3 Å². The molecule has 0 radical (unpaired) electrons. The van der Waals surface area contributed by atoms with Crippen LogP contribution >= 0.6 is 0 Å². The summed E-state index contributed by atoms with van der Waals surface area (Å²) >= 11 is 0. The molecule has 0 aliphatic heterocycles. The maximum absolute atomic E-state index is 10.5. The van der Waals surface area contributed by atoms with Crippen LogP contribution in [0.4, 0.5) is 0 Å². The van der Waals surface area contributed by atoms with Crippen molar-refractivity contribution < 1.29 is 34.8 Å². The molecule has 4 N–H and O–H groups in total. The van der Waals surface area contributed by atoms with Crippen LogP contribution in [0.2, 0.25) is 0 Å². The summed E-state index contributed by atoms with van der Waals surface area (Å²) in [5.41, 5.74) is 0.792. The normalized spacial score (nSPS) is 8.76. The molecule has 0 aliphatic carbocycles. The van der Waals surface area contributed by atoms with E-state index in [-0.39, 0.29) is 11.3 Å². The number of aliphatic carboxylic acids is 2. The number of aromatic hydroxyl groups is 1. The highest BCUT2D eigenvalue weighted by Gasteiger charge is 2.05. The van der Waals surface area contributed by atoms with Gasteiger partial charge in [0.15, 0.2) is 0 Å². The lowest BCUT2D eigenvalue weighted by molar-refractivity contribution is -0.159. The van der Waals surface area contributed by atoms with Gasteiger partial charge in [-0.3, -0.25) is 0 Å². The zero-order chi connectivity index (χ0) is 13.6. The highest BCUT2D eigenvalue weighted by Crippen LogP contribution is 2.14. The first-order valence-corrected chi connectivity index (χ1v) is 4.24. The number of phenols is 1. The van der Waals surface area contributed by atoms with E-state index in [0.29, 0.717) is 5.56 Å². The third kappa shape index (κ3) is 5.17. The van der Waals surface area contributed by atoms with Gasteiger partial charge in [-0.05, 0) is 30.7 Å². The maximum Gasteiger partial charge on any atom is 0.414 e. The Hall–Kier alpha value is -2.57. The fourth-order valence-electron chi connectivity index (χ4n) is 0.888. The Morgan fingerprint density at radius 2 is 1.47 bits per heavy atom. The number of hydrogen-bond donors (Lipinski definition) is 4. The highest BCUT2D eigenvalue weighted by molar-refractivity contribution is 6.27. The zero-order valence-corrected chi connectivity index (χ0v) is 8.75. The molecule has 17 heavy (non-hydrogen) atoms. The fourth-order valence-corrected chi connectivity index (χ4v) is 0.888. The number of aromatic carboxylic acids is 1. The first-order chi connectivity index (χ1) is 7.75. The van der Waals surface area contributed by atoms with Crippen molar-refractivity contribution in [1.82, 2.24) is 0 Å². The zero-order valence-electron chi connectivity index (χ0n) is 8.75. The minimum atomic E-state index is -1.82. The van der Waals surface area contributed by atoms with Crippen LogP contribution in [0.1, 0.15) is 15.9 Å². The summed E-state index contributed by atoms with van der Waals surface area (Å²) in [5.74, 6) is -4.53. The van der Waals surface area contributed by atoms with E-state index in [0.717, 1.165) is 0 Å². The average molecular weight is 242 g/mol. The van der Waals surface area contributed by atoms with Gasteiger partial charge in [-0.1, -0.05) is 0 Å². The molecule has 1 aromatic rings. The van der Waals surface area contributed by atoms with Crippen molar-refractivity contribution in [2.75, 3.05) is 0 Å². The van der Waals surface area contributed by atoms with Crippen molar-refractivity contribution in [2.45, 2.75) is 6.92 Å². The Bertz CT molecular complexity index is 438. The van der Waals surface area contributed by atoms with Crippen molar-refractivity contribution in [3.05, 3.63) is 29.3 Å². The molecular formula is C10H10O7. The van der Waals surface area contributed by atoms with Gasteiger partial charge in [0.1, 0.15) is 5.75 Å². The van der Waals surface area contributed by atoms with Gasteiger partial charge in [0, 0.05) is 0 Å². The number of rotatable bonds is 1. The van der Waals surface area contributed by atoms with Gasteiger partial charge >= 0.3 is 17.9 Å². The monoisotopic (exact) mass is 242 g/mol. The van der Waals surface area contributed by atoms with Gasteiger partial charge in [-0.15, -0.1) is 0 Å². The molecule has 1 rings (SSSR count). The summed E-state index contributed by atoms with van der Waals surface area (Å²) in [5, 5.41) is 32.3. The summed E-state index contributed by atoms with van der Waals surface area (Å²) in [6, 6.07) is 4.16. The molecule has 0 saturated carbocycles. The van der Waals surface area contributed by atoms with E-state index in [4.69, 9.17) is 30.0 Å². The van der Waals surface area contributed by atoms with Crippen LogP contribution in [0.25, 0.3) is 0 Å². The van der Waals surface area contributed by atoms with Crippen LogP contribution in [0.3, 0.4) is 0 Å². The summed E-state index contributed by atoms with van der Waals surface area (Å²) < 4.78 is 0. The Balaban J connectivity index is 0.000000366. The number of carboxylic acid groups (broad SMARTS) is 3. The maximum atomic E-state index is 10.5. The first kappa shape index (κ1) is 14.4. The number of benzene rings is 1. The Morgan fingerprint density at radius 3 is 1.76 bits per heavy atom. The largest absolute Gasteiger partial charge is 0.508 e. The second-order valence-corrected chi connectivity index (χ2v) is 2.91. The summed E-state index contributed by atoms with van der Waals surface area (Å²) in [4.78, 5) is 28.7. The molecule has 0 amide bonds. The van der Waals surface area contributed by atoms with Crippen molar-refractivity contribution in [3.8, 4) is 5.75 Å². The Kier molecular flexibility index (Phi) is 5.19. The highest BCUT2D eigenvalue weighted by atomic mass is 16.4. The van der Waals surface area contributed by atoms with Gasteiger partial charge in [0.2, 0.25) is 0 Å². The summed E-state index contributed by atoms with van der Waals surface area (Å²) in [7, 11) is 0. The molecule has 0 spiro atoms. The molecule has 7 heteroatoms. The van der Waals surface area contributed by atoms with E-state index in [9.17, 15) is 4.79 Å². The van der Waals surface area contributed by atoms with Crippen molar-refractivity contribution in [2.24, 2.45) is 0 Å².